The number of aromatic nitrogens is 2. The summed E-state index contributed by atoms with van der Waals surface area (Å²) < 4.78 is 12.4. The molecule has 1 heterocycles. The smallest absolute Gasteiger partial charge is 0.203 e. The van der Waals surface area contributed by atoms with Gasteiger partial charge < -0.3 is 19.4 Å². The van der Waals surface area contributed by atoms with Gasteiger partial charge in [0.15, 0.2) is 0 Å². The van der Waals surface area contributed by atoms with Gasteiger partial charge in [0.2, 0.25) is 5.95 Å². The van der Waals surface area contributed by atoms with Gasteiger partial charge in [0, 0.05) is 25.5 Å². The van der Waals surface area contributed by atoms with Crippen molar-refractivity contribution < 1.29 is 9.47 Å². The first-order valence-electron chi connectivity index (χ1n) is 6.62. The normalized spacial score (nSPS) is 12.2. The molecular formula is C15H21N3O2. The largest absolute Gasteiger partial charge is 0.497 e. The zero-order chi connectivity index (χ0) is 14.4. The average molecular weight is 275 g/mol. The van der Waals surface area contributed by atoms with Crippen LogP contribution in [0.1, 0.15) is 12.5 Å². The molecule has 1 atom stereocenters. The van der Waals surface area contributed by atoms with E-state index in [1.807, 2.05) is 24.4 Å². The van der Waals surface area contributed by atoms with Gasteiger partial charge in [-0.1, -0.05) is 12.1 Å². The number of anilines is 1. The monoisotopic (exact) mass is 275 g/mol. The van der Waals surface area contributed by atoms with E-state index in [9.17, 15) is 0 Å². The number of rotatable bonds is 7. The maximum Gasteiger partial charge on any atom is 0.203 e. The molecule has 20 heavy (non-hydrogen) atoms. The topological polar surface area (TPSA) is 48.3 Å². The Bertz CT molecular complexity index is 539. The van der Waals surface area contributed by atoms with E-state index >= 15 is 0 Å². The predicted molar refractivity (Wildman–Crippen MR) is 79.3 cm³/mol. The van der Waals surface area contributed by atoms with Crippen LogP contribution < -0.4 is 10.1 Å². The zero-order valence-corrected chi connectivity index (χ0v) is 12.2. The lowest BCUT2D eigenvalue weighted by molar-refractivity contribution is 0.190. The molecule has 0 amide bonds. The zero-order valence-electron chi connectivity index (χ0n) is 12.2. The Balaban J connectivity index is 2.07. The molecule has 0 saturated heterocycles. The van der Waals surface area contributed by atoms with E-state index in [-0.39, 0.29) is 6.04 Å². The molecule has 1 aromatic carbocycles. The highest BCUT2D eigenvalue weighted by Gasteiger charge is 2.07. The second kappa shape index (κ2) is 6.96. The van der Waals surface area contributed by atoms with E-state index in [0.717, 1.165) is 18.2 Å². The minimum absolute atomic E-state index is 0.214. The van der Waals surface area contributed by atoms with Crippen LogP contribution in [0.25, 0.3) is 0 Å². The van der Waals surface area contributed by atoms with Crippen LogP contribution in [0.2, 0.25) is 0 Å². The molecule has 0 radical (unpaired) electrons. The van der Waals surface area contributed by atoms with Gasteiger partial charge >= 0.3 is 0 Å². The van der Waals surface area contributed by atoms with Gasteiger partial charge in [-0.05, 0) is 24.6 Å². The molecule has 0 spiro atoms. The Kier molecular flexibility index (Phi) is 5.01. The summed E-state index contributed by atoms with van der Waals surface area (Å²) in [6, 6.07) is 8.25. The molecule has 0 saturated carbocycles. The number of nitrogens with one attached hydrogen (secondary N) is 1. The molecule has 0 aliphatic heterocycles. The highest BCUT2D eigenvalue weighted by Crippen LogP contribution is 2.15. The van der Waals surface area contributed by atoms with Crippen molar-refractivity contribution in [3.63, 3.8) is 0 Å². The van der Waals surface area contributed by atoms with E-state index in [4.69, 9.17) is 9.47 Å². The maximum absolute atomic E-state index is 5.24. The van der Waals surface area contributed by atoms with Gasteiger partial charge in [-0.2, -0.15) is 0 Å². The molecule has 2 aromatic rings. The molecule has 2 rings (SSSR count). The first kappa shape index (κ1) is 14.4. The minimum Gasteiger partial charge on any atom is -0.497 e. The lowest BCUT2D eigenvalue weighted by Crippen LogP contribution is -2.23. The van der Waals surface area contributed by atoms with E-state index < -0.39 is 0 Å². The summed E-state index contributed by atoms with van der Waals surface area (Å²) >= 11 is 0. The van der Waals surface area contributed by atoms with Crippen LogP contribution in [-0.2, 0) is 11.3 Å². The number of hydrogen-bond acceptors (Lipinski definition) is 4. The van der Waals surface area contributed by atoms with Gasteiger partial charge in [0.1, 0.15) is 5.75 Å². The molecule has 0 aliphatic carbocycles. The van der Waals surface area contributed by atoms with Gasteiger partial charge in [0.25, 0.3) is 0 Å². The number of benzene rings is 1. The summed E-state index contributed by atoms with van der Waals surface area (Å²) in [6.07, 6.45) is 3.75. The summed E-state index contributed by atoms with van der Waals surface area (Å²) in [7, 11) is 3.37. The van der Waals surface area contributed by atoms with Crippen molar-refractivity contribution in [2.45, 2.75) is 19.5 Å². The maximum atomic E-state index is 5.24. The van der Waals surface area contributed by atoms with Crippen LogP contribution in [-0.4, -0.2) is 36.4 Å². The molecular weight excluding hydrogens is 254 g/mol. The predicted octanol–water partition coefficient (Wildman–Crippen LogP) is 2.39. The second-order valence-electron chi connectivity index (χ2n) is 4.73. The van der Waals surface area contributed by atoms with Crippen LogP contribution in [0.4, 0.5) is 5.95 Å². The second-order valence-corrected chi connectivity index (χ2v) is 4.73. The third kappa shape index (κ3) is 3.74. The van der Waals surface area contributed by atoms with E-state index in [1.165, 1.54) is 5.56 Å². The number of ether oxygens (including phenoxy) is 2. The Morgan fingerprint density at radius 3 is 2.95 bits per heavy atom. The lowest BCUT2D eigenvalue weighted by atomic mass is 10.2. The van der Waals surface area contributed by atoms with Crippen molar-refractivity contribution in [3.05, 3.63) is 42.2 Å². The SMILES string of the molecule is COCC(C)Nc1nccn1Cc1cccc(OC)c1. The van der Waals surface area contributed by atoms with Crippen LogP contribution in [0.15, 0.2) is 36.7 Å². The number of imidazole rings is 1. The van der Waals surface area contributed by atoms with Crippen molar-refractivity contribution in [2.75, 3.05) is 26.1 Å². The molecule has 108 valence electrons. The van der Waals surface area contributed by atoms with E-state index in [1.54, 1.807) is 20.4 Å². The Hall–Kier alpha value is -2.01. The van der Waals surface area contributed by atoms with E-state index in [2.05, 4.69) is 27.9 Å². The van der Waals surface area contributed by atoms with Crippen LogP contribution in [0.3, 0.4) is 0 Å². The van der Waals surface area contributed by atoms with Gasteiger partial charge in [0.05, 0.1) is 20.3 Å². The quantitative estimate of drug-likeness (QED) is 0.843. The third-order valence-corrected chi connectivity index (χ3v) is 2.99. The summed E-state index contributed by atoms with van der Waals surface area (Å²) in [6.45, 7) is 3.46. The Morgan fingerprint density at radius 2 is 2.20 bits per heavy atom. The molecule has 0 bridgehead atoms. The first-order valence-corrected chi connectivity index (χ1v) is 6.62. The average Bonchev–Trinajstić information content (AvgIpc) is 2.86. The third-order valence-electron chi connectivity index (χ3n) is 2.99. The fraction of sp³-hybridized carbons (Fsp3) is 0.400. The van der Waals surface area contributed by atoms with Gasteiger partial charge in [-0.15, -0.1) is 0 Å². The number of methoxy groups -OCH3 is 2. The van der Waals surface area contributed by atoms with Crippen molar-refractivity contribution >= 4 is 5.95 Å². The van der Waals surface area contributed by atoms with E-state index in [0.29, 0.717) is 6.61 Å². The van der Waals surface area contributed by atoms with Crippen molar-refractivity contribution in [1.29, 1.82) is 0 Å². The molecule has 1 aromatic heterocycles. The van der Waals surface area contributed by atoms with Crippen LogP contribution in [0.5, 0.6) is 5.75 Å². The summed E-state index contributed by atoms with van der Waals surface area (Å²) in [4.78, 5) is 4.34. The standard InChI is InChI=1S/C15H21N3O2/c1-12(11-19-2)17-15-16-7-8-18(15)10-13-5-4-6-14(9-13)20-3/h4-9,12H,10-11H2,1-3H3,(H,16,17). The molecule has 5 nitrogen and oxygen atoms in total. The molecule has 0 fully saturated rings. The summed E-state index contributed by atoms with van der Waals surface area (Å²) in [5.41, 5.74) is 1.17. The van der Waals surface area contributed by atoms with Crippen molar-refractivity contribution in [1.82, 2.24) is 9.55 Å². The number of nitrogens with zero attached hydrogens (tertiary/aromatic N) is 2. The molecule has 1 N–H and O–H groups in total. The molecule has 1 unspecified atom stereocenters. The summed E-state index contributed by atoms with van der Waals surface area (Å²) in [5.74, 6) is 1.71. The highest BCUT2D eigenvalue weighted by atomic mass is 16.5. The van der Waals surface area contributed by atoms with Crippen LogP contribution >= 0.6 is 0 Å². The van der Waals surface area contributed by atoms with Gasteiger partial charge in [-0.25, -0.2) is 4.98 Å². The first-order chi connectivity index (χ1) is 9.72. The summed E-state index contributed by atoms with van der Waals surface area (Å²) in [5, 5.41) is 3.34. The van der Waals surface area contributed by atoms with Crippen LogP contribution in [0, 0.1) is 0 Å². The number of hydrogen-bond donors (Lipinski definition) is 1. The van der Waals surface area contributed by atoms with Gasteiger partial charge in [-0.3, -0.25) is 0 Å². The Labute approximate surface area is 119 Å². The Morgan fingerprint density at radius 1 is 1.35 bits per heavy atom. The minimum atomic E-state index is 0.214. The molecule has 5 heteroatoms. The van der Waals surface area contributed by atoms with Crippen molar-refractivity contribution in [2.24, 2.45) is 0 Å². The fourth-order valence-electron chi connectivity index (χ4n) is 2.06. The van der Waals surface area contributed by atoms with Crippen molar-refractivity contribution in [3.8, 4) is 5.75 Å². The fourth-order valence-corrected chi connectivity index (χ4v) is 2.06. The lowest BCUT2D eigenvalue weighted by Gasteiger charge is -2.15. The highest BCUT2D eigenvalue weighted by molar-refractivity contribution is 5.32. The molecule has 0 aliphatic rings.